The first kappa shape index (κ1) is 18.1. The van der Waals surface area contributed by atoms with E-state index in [9.17, 15) is 8.42 Å². The highest BCUT2D eigenvalue weighted by Crippen LogP contribution is 2.20. The summed E-state index contributed by atoms with van der Waals surface area (Å²) < 4.78 is 32.8. The van der Waals surface area contributed by atoms with Crippen LogP contribution >= 0.6 is 12.4 Å². The van der Waals surface area contributed by atoms with Gasteiger partial charge >= 0.3 is 0 Å². The van der Waals surface area contributed by atoms with Crippen LogP contribution < -0.4 is 14.8 Å². The molecule has 0 fully saturated rings. The Morgan fingerprint density at radius 2 is 1.92 bits per heavy atom. The van der Waals surface area contributed by atoms with Crippen molar-refractivity contribution in [2.75, 3.05) is 24.4 Å². The number of ether oxygens (including phenoxy) is 1. The van der Waals surface area contributed by atoms with Gasteiger partial charge in [0, 0.05) is 12.6 Å². The van der Waals surface area contributed by atoms with Crippen molar-refractivity contribution in [3.8, 4) is 5.75 Å². The molecule has 0 saturated heterocycles. The Morgan fingerprint density at radius 1 is 1.12 bits per heavy atom. The molecule has 0 atom stereocenters. The third-order valence-corrected chi connectivity index (χ3v) is 4.66. The molecule has 0 aromatic heterocycles. The van der Waals surface area contributed by atoms with Gasteiger partial charge in [0.15, 0.2) is 0 Å². The third-order valence-electron chi connectivity index (χ3n) is 3.26. The maximum Gasteiger partial charge on any atom is 0.261 e. The molecule has 2 aromatic rings. The maximum atomic E-state index is 12.3. The largest absolute Gasteiger partial charge is 0.486 e. The normalized spacial score (nSPS) is 13.4. The standard InChI is InChI=1S/C16H17N3O3S.ClH/c20-23(21,15-7-2-1-3-8-15)19-13-5-4-6-14(11-13)22-12-16-17-9-10-18-16;/h1-8,11,19H,9-10,12H2,(H,17,18);1H. The summed E-state index contributed by atoms with van der Waals surface area (Å²) in [5.74, 6) is 1.38. The van der Waals surface area contributed by atoms with Crippen LogP contribution in [0.4, 0.5) is 5.69 Å². The van der Waals surface area contributed by atoms with Crippen LogP contribution in [0.25, 0.3) is 0 Å². The third kappa shape index (κ3) is 4.62. The van der Waals surface area contributed by atoms with E-state index in [0.717, 1.165) is 18.9 Å². The highest BCUT2D eigenvalue weighted by Gasteiger charge is 2.13. The van der Waals surface area contributed by atoms with Crippen molar-refractivity contribution in [2.24, 2.45) is 4.99 Å². The summed E-state index contributed by atoms with van der Waals surface area (Å²) in [6.45, 7) is 1.93. The van der Waals surface area contributed by atoms with Crippen molar-refractivity contribution < 1.29 is 13.2 Å². The molecular formula is C16H18ClN3O3S. The highest BCUT2D eigenvalue weighted by atomic mass is 35.5. The van der Waals surface area contributed by atoms with Crippen LogP contribution in [-0.2, 0) is 10.0 Å². The summed E-state index contributed by atoms with van der Waals surface area (Å²) in [6.07, 6.45) is 0. The first-order valence-electron chi connectivity index (χ1n) is 7.21. The predicted octanol–water partition coefficient (Wildman–Crippen LogP) is 2.29. The second-order valence-electron chi connectivity index (χ2n) is 4.99. The Morgan fingerprint density at radius 3 is 2.62 bits per heavy atom. The van der Waals surface area contributed by atoms with E-state index in [-0.39, 0.29) is 17.3 Å². The minimum Gasteiger partial charge on any atom is -0.486 e. The number of nitrogens with one attached hydrogen (secondary N) is 2. The van der Waals surface area contributed by atoms with Crippen LogP contribution in [0.5, 0.6) is 5.75 Å². The molecule has 3 rings (SSSR count). The van der Waals surface area contributed by atoms with Gasteiger partial charge in [0.05, 0.1) is 17.1 Å². The van der Waals surface area contributed by atoms with Gasteiger partial charge in [-0.3, -0.25) is 9.71 Å². The molecule has 2 aromatic carbocycles. The van der Waals surface area contributed by atoms with Crippen LogP contribution in [0.1, 0.15) is 0 Å². The number of anilines is 1. The fraction of sp³-hybridized carbons (Fsp3) is 0.188. The predicted molar refractivity (Wildman–Crippen MR) is 96.7 cm³/mol. The molecule has 128 valence electrons. The Labute approximate surface area is 147 Å². The molecule has 8 heteroatoms. The zero-order chi connectivity index (χ0) is 16.1. The minimum absolute atomic E-state index is 0. The van der Waals surface area contributed by atoms with E-state index in [4.69, 9.17) is 4.74 Å². The zero-order valence-corrected chi connectivity index (χ0v) is 14.4. The SMILES string of the molecule is Cl.O=S(=O)(Nc1cccc(OCC2=NCCN2)c1)c1ccccc1. The molecule has 0 bridgehead atoms. The lowest BCUT2D eigenvalue weighted by Crippen LogP contribution is -2.24. The van der Waals surface area contributed by atoms with Crippen LogP contribution in [0, 0.1) is 0 Å². The number of rotatable bonds is 6. The van der Waals surface area contributed by atoms with Crippen LogP contribution in [0.2, 0.25) is 0 Å². The molecule has 0 aliphatic carbocycles. The second kappa shape index (κ2) is 8.03. The zero-order valence-electron chi connectivity index (χ0n) is 12.8. The first-order valence-corrected chi connectivity index (χ1v) is 8.70. The molecule has 6 nitrogen and oxygen atoms in total. The molecule has 24 heavy (non-hydrogen) atoms. The van der Waals surface area contributed by atoms with Gasteiger partial charge in [0.1, 0.15) is 18.2 Å². The van der Waals surface area contributed by atoms with E-state index in [1.807, 2.05) is 0 Å². The van der Waals surface area contributed by atoms with Crippen LogP contribution in [-0.4, -0.2) is 33.9 Å². The van der Waals surface area contributed by atoms with Gasteiger partial charge in [-0.25, -0.2) is 8.42 Å². The lowest BCUT2D eigenvalue weighted by Gasteiger charge is -2.10. The van der Waals surface area contributed by atoms with Gasteiger partial charge in [0.25, 0.3) is 10.0 Å². The number of amidine groups is 1. The molecular weight excluding hydrogens is 350 g/mol. The van der Waals surface area contributed by atoms with Crippen LogP contribution in [0.15, 0.2) is 64.5 Å². The van der Waals surface area contributed by atoms with E-state index in [2.05, 4.69) is 15.0 Å². The van der Waals surface area contributed by atoms with Crippen molar-refractivity contribution in [3.63, 3.8) is 0 Å². The second-order valence-corrected chi connectivity index (χ2v) is 6.67. The molecule has 1 aliphatic heterocycles. The van der Waals surface area contributed by atoms with Gasteiger partial charge < -0.3 is 10.1 Å². The number of hydrogen-bond donors (Lipinski definition) is 2. The number of halogens is 1. The smallest absolute Gasteiger partial charge is 0.261 e. The van der Waals surface area contributed by atoms with E-state index in [0.29, 0.717) is 18.0 Å². The van der Waals surface area contributed by atoms with E-state index < -0.39 is 10.0 Å². The Bertz CT molecular complexity index is 810. The molecule has 2 N–H and O–H groups in total. The minimum atomic E-state index is -3.60. The fourth-order valence-electron chi connectivity index (χ4n) is 2.16. The van der Waals surface area contributed by atoms with Gasteiger partial charge in [0.2, 0.25) is 0 Å². The Kier molecular flexibility index (Phi) is 6.05. The average molecular weight is 368 g/mol. The molecule has 0 spiro atoms. The lowest BCUT2D eigenvalue weighted by atomic mass is 10.3. The number of sulfonamides is 1. The summed E-state index contributed by atoms with van der Waals surface area (Å²) in [7, 11) is -3.60. The van der Waals surface area contributed by atoms with Crippen molar-refractivity contribution in [2.45, 2.75) is 4.90 Å². The Balaban J connectivity index is 0.00000208. The van der Waals surface area contributed by atoms with Crippen molar-refractivity contribution in [1.29, 1.82) is 0 Å². The quantitative estimate of drug-likeness (QED) is 0.821. The molecule has 0 amide bonds. The first-order chi connectivity index (χ1) is 11.1. The maximum absolute atomic E-state index is 12.3. The fourth-order valence-corrected chi connectivity index (χ4v) is 3.23. The van der Waals surface area contributed by atoms with Crippen molar-refractivity contribution >= 4 is 34.0 Å². The van der Waals surface area contributed by atoms with E-state index >= 15 is 0 Å². The lowest BCUT2D eigenvalue weighted by molar-refractivity contribution is 0.374. The van der Waals surface area contributed by atoms with Crippen LogP contribution in [0.3, 0.4) is 0 Å². The summed E-state index contributed by atoms with van der Waals surface area (Å²) in [5.41, 5.74) is 0.452. The average Bonchev–Trinajstić information content (AvgIpc) is 3.07. The van der Waals surface area contributed by atoms with Gasteiger partial charge in [-0.05, 0) is 24.3 Å². The number of benzene rings is 2. The summed E-state index contributed by atoms with van der Waals surface area (Å²) >= 11 is 0. The molecule has 0 saturated carbocycles. The molecule has 0 unspecified atom stereocenters. The molecule has 1 aliphatic rings. The van der Waals surface area contributed by atoms with E-state index in [1.165, 1.54) is 0 Å². The topological polar surface area (TPSA) is 79.8 Å². The number of nitrogens with zero attached hydrogens (tertiary/aromatic N) is 1. The summed E-state index contributed by atoms with van der Waals surface area (Å²) in [5, 5.41) is 3.11. The van der Waals surface area contributed by atoms with E-state index in [1.54, 1.807) is 54.6 Å². The van der Waals surface area contributed by atoms with Gasteiger partial charge in [-0.1, -0.05) is 24.3 Å². The summed E-state index contributed by atoms with van der Waals surface area (Å²) in [4.78, 5) is 4.46. The monoisotopic (exact) mass is 367 g/mol. The Hall–Kier alpha value is -2.25. The van der Waals surface area contributed by atoms with Crippen molar-refractivity contribution in [3.05, 3.63) is 54.6 Å². The molecule has 0 radical (unpaired) electrons. The number of aliphatic imine (C=N–C) groups is 1. The summed E-state index contributed by atoms with van der Waals surface area (Å²) in [6, 6.07) is 15.1. The van der Waals surface area contributed by atoms with Crippen molar-refractivity contribution in [1.82, 2.24) is 5.32 Å². The highest BCUT2D eigenvalue weighted by molar-refractivity contribution is 7.92. The van der Waals surface area contributed by atoms with Gasteiger partial charge in [-0.2, -0.15) is 0 Å². The number of hydrogen-bond acceptors (Lipinski definition) is 5. The molecule has 1 heterocycles. The van der Waals surface area contributed by atoms with Gasteiger partial charge in [-0.15, -0.1) is 12.4 Å².